The van der Waals surface area contributed by atoms with Gasteiger partial charge in [-0.2, -0.15) is 8.78 Å². The Balaban J connectivity index is 2.96. The summed E-state index contributed by atoms with van der Waals surface area (Å²) in [5.41, 5.74) is 0. The van der Waals surface area contributed by atoms with E-state index in [9.17, 15) is 17.2 Å². The number of hydrogen-bond donors (Lipinski definition) is 1. The standard InChI is InChI=1S/C5H4ClF2N3O2S/c6-3-4(10-2-1-9-3)11-14(12,13)5(7)8/h1-2,5H,(H,10,11). The first-order chi connectivity index (χ1) is 6.43. The summed E-state index contributed by atoms with van der Waals surface area (Å²) in [7, 11) is -4.74. The summed E-state index contributed by atoms with van der Waals surface area (Å²) in [6.45, 7) is 0. The summed E-state index contributed by atoms with van der Waals surface area (Å²) in [6.07, 6.45) is 2.32. The number of halogens is 3. The molecule has 0 amide bonds. The molecule has 1 heterocycles. The second-order valence-electron chi connectivity index (χ2n) is 2.10. The number of nitrogens with zero attached hydrogens (tertiary/aromatic N) is 2. The van der Waals surface area contributed by atoms with Gasteiger partial charge in [-0.3, -0.25) is 4.72 Å². The number of rotatable bonds is 3. The van der Waals surface area contributed by atoms with Crippen LogP contribution in [0.4, 0.5) is 14.6 Å². The molecule has 78 valence electrons. The topological polar surface area (TPSA) is 72.0 Å². The van der Waals surface area contributed by atoms with Crippen LogP contribution < -0.4 is 4.72 Å². The van der Waals surface area contributed by atoms with E-state index in [2.05, 4.69) is 9.97 Å². The number of sulfonamides is 1. The monoisotopic (exact) mass is 243 g/mol. The Labute approximate surface area is 83.2 Å². The summed E-state index contributed by atoms with van der Waals surface area (Å²) in [4.78, 5) is 6.88. The maximum absolute atomic E-state index is 11.9. The highest BCUT2D eigenvalue weighted by Crippen LogP contribution is 2.17. The predicted molar refractivity (Wildman–Crippen MR) is 45.6 cm³/mol. The number of hydrogen-bond acceptors (Lipinski definition) is 4. The molecule has 0 fully saturated rings. The Morgan fingerprint density at radius 1 is 1.36 bits per heavy atom. The van der Waals surface area contributed by atoms with E-state index in [0.29, 0.717) is 0 Å². The highest BCUT2D eigenvalue weighted by molar-refractivity contribution is 7.93. The van der Waals surface area contributed by atoms with Gasteiger partial charge in [0.2, 0.25) is 0 Å². The Morgan fingerprint density at radius 2 is 1.93 bits per heavy atom. The van der Waals surface area contributed by atoms with E-state index in [4.69, 9.17) is 11.6 Å². The van der Waals surface area contributed by atoms with Gasteiger partial charge in [-0.1, -0.05) is 11.6 Å². The van der Waals surface area contributed by atoms with E-state index in [-0.39, 0.29) is 5.15 Å². The second-order valence-corrected chi connectivity index (χ2v) is 4.11. The van der Waals surface area contributed by atoms with Crippen molar-refractivity contribution in [2.75, 3.05) is 4.72 Å². The molecule has 1 N–H and O–H groups in total. The van der Waals surface area contributed by atoms with Crippen LogP contribution in [-0.2, 0) is 10.0 Å². The highest BCUT2D eigenvalue weighted by Gasteiger charge is 2.25. The van der Waals surface area contributed by atoms with Crippen LogP contribution in [0.25, 0.3) is 0 Å². The smallest absolute Gasteiger partial charge is 0.260 e. The van der Waals surface area contributed by atoms with Crippen LogP contribution in [0.5, 0.6) is 0 Å². The lowest BCUT2D eigenvalue weighted by molar-refractivity contribution is 0.236. The van der Waals surface area contributed by atoms with Crippen LogP contribution in [0, 0.1) is 0 Å². The lowest BCUT2D eigenvalue weighted by Gasteiger charge is -2.05. The third-order valence-corrected chi connectivity index (χ3v) is 2.35. The van der Waals surface area contributed by atoms with Crippen molar-refractivity contribution in [2.45, 2.75) is 5.76 Å². The molecule has 0 aliphatic heterocycles. The zero-order valence-corrected chi connectivity index (χ0v) is 8.06. The second kappa shape index (κ2) is 4.01. The third kappa shape index (κ3) is 2.48. The molecule has 0 radical (unpaired) electrons. The van der Waals surface area contributed by atoms with Crippen molar-refractivity contribution in [1.82, 2.24) is 9.97 Å². The van der Waals surface area contributed by atoms with E-state index in [1.165, 1.54) is 10.9 Å². The molecule has 0 aromatic carbocycles. The Bertz CT molecular complexity index is 425. The average Bonchev–Trinajstić information content (AvgIpc) is 2.08. The maximum Gasteiger partial charge on any atom is 0.355 e. The Hall–Kier alpha value is -1.02. The van der Waals surface area contributed by atoms with Crippen LogP contribution in [-0.4, -0.2) is 24.1 Å². The molecule has 14 heavy (non-hydrogen) atoms. The minimum absolute atomic E-state index is 0.295. The van der Waals surface area contributed by atoms with Gasteiger partial charge in [0.1, 0.15) is 0 Å². The van der Waals surface area contributed by atoms with Crippen LogP contribution in [0.3, 0.4) is 0 Å². The van der Waals surface area contributed by atoms with Crippen molar-refractivity contribution in [3.8, 4) is 0 Å². The lowest BCUT2D eigenvalue weighted by atomic mass is 10.7. The van der Waals surface area contributed by atoms with Crippen LogP contribution >= 0.6 is 11.6 Å². The number of alkyl halides is 2. The molecule has 0 bridgehead atoms. The van der Waals surface area contributed by atoms with Crippen molar-refractivity contribution >= 4 is 27.4 Å². The van der Waals surface area contributed by atoms with E-state index >= 15 is 0 Å². The molecule has 1 aromatic rings. The Kier molecular flexibility index (Phi) is 3.17. The molecule has 5 nitrogen and oxygen atoms in total. The van der Waals surface area contributed by atoms with Gasteiger partial charge in [-0.05, 0) is 0 Å². The van der Waals surface area contributed by atoms with E-state index < -0.39 is 21.6 Å². The lowest BCUT2D eigenvalue weighted by Crippen LogP contribution is -2.21. The van der Waals surface area contributed by atoms with Crippen molar-refractivity contribution in [1.29, 1.82) is 0 Å². The van der Waals surface area contributed by atoms with Crippen molar-refractivity contribution < 1.29 is 17.2 Å². The van der Waals surface area contributed by atoms with Gasteiger partial charge < -0.3 is 0 Å². The third-order valence-electron chi connectivity index (χ3n) is 1.13. The first-order valence-electron chi connectivity index (χ1n) is 3.20. The quantitative estimate of drug-likeness (QED) is 0.863. The first kappa shape index (κ1) is 11.1. The average molecular weight is 244 g/mol. The van der Waals surface area contributed by atoms with Gasteiger partial charge in [-0.25, -0.2) is 18.4 Å². The maximum atomic E-state index is 11.9. The zero-order valence-electron chi connectivity index (χ0n) is 6.49. The number of aromatic nitrogens is 2. The molecule has 0 aliphatic carbocycles. The summed E-state index contributed by atoms with van der Waals surface area (Å²) < 4.78 is 46.6. The van der Waals surface area contributed by atoms with Crippen molar-refractivity contribution in [2.24, 2.45) is 0 Å². The van der Waals surface area contributed by atoms with Crippen LogP contribution in [0.1, 0.15) is 0 Å². The number of anilines is 1. The SMILES string of the molecule is O=S(=O)(Nc1nccnc1Cl)C(F)F. The summed E-state index contributed by atoms with van der Waals surface area (Å²) >= 11 is 5.39. The van der Waals surface area contributed by atoms with Crippen molar-refractivity contribution in [3.63, 3.8) is 0 Å². The molecule has 0 saturated heterocycles. The summed E-state index contributed by atoms with van der Waals surface area (Å²) in [5, 5.41) is -0.295. The highest BCUT2D eigenvalue weighted by atomic mass is 35.5. The largest absolute Gasteiger partial charge is 0.355 e. The first-order valence-corrected chi connectivity index (χ1v) is 5.12. The van der Waals surface area contributed by atoms with Crippen molar-refractivity contribution in [3.05, 3.63) is 17.5 Å². The van der Waals surface area contributed by atoms with E-state index in [1.54, 1.807) is 0 Å². The molecular weight excluding hydrogens is 240 g/mol. The molecule has 1 rings (SSSR count). The fraction of sp³-hybridized carbons (Fsp3) is 0.200. The van der Waals surface area contributed by atoms with Gasteiger partial charge in [-0.15, -0.1) is 0 Å². The van der Waals surface area contributed by atoms with Gasteiger partial charge >= 0.3 is 5.76 Å². The van der Waals surface area contributed by atoms with Crippen LogP contribution in [0.2, 0.25) is 5.15 Å². The van der Waals surface area contributed by atoms with E-state index in [0.717, 1.165) is 6.20 Å². The van der Waals surface area contributed by atoms with Gasteiger partial charge in [0, 0.05) is 12.4 Å². The van der Waals surface area contributed by atoms with Gasteiger partial charge in [0.05, 0.1) is 0 Å². The van der Waals surface area contributed by atoms with E-state index in [1.807, 2.05) is 0 Å². The summed E-state index contributed by atoms with van der Waals surface area (Å²) in [5.74, 6) is -3.96. The fourth-order valence-corrected chi connectivity index (χ4v) is 1.29. The molecule has 0 saturated carbocycles. The molecule has 9 heteroatoms. The zero-order chi connectivity index (χ0) is 10.8. The molecule has 0 aliphatic rings. The molecule has 0 unspecified atom stereocenters. The van der Waals surface area contributed by atoms with Gasteiger partial charge in [0.15, 0.2) is 11.0 Å². The van der Waals surface area contributed by atoms with Crippen LogP contribution in [0.15, 0.2) is 12.4 Å². The molecule has 1 aromatic heterocycles. The fourth-order valence-electron chi connectivity index (χ4n) is 0.569. The molecule has 0 atom stereocenters. The Morgan fingerprint density at radius 3 is 2.43 bits per heavy atom. The molecule has 0 spiro atoms. The number of nitrogens with one attached hydrogen (secondary N) is 1. The van der Waals surface area contributed by atoms with Gasteiger partial charge in [0.25, 0.3) is 10.0 Å². The normalized spacial score (nSPS) is 11.7. The predicted octanol–water partition coefficient (Wildman–Crippen LogP) is 1.09. The minimum atomic E-state index is -4.74. The minimum Gasteiger partial charge on any atom is -0.260 e. The summed E-state index contributed by atoms with van der Waals surface area (Å²) in [6, 6.07) is 0. The molecular formula is C5H4ClF2N3O2S.